The third-order valence-corrected chi connectivity index (χ3v) is 8.95. The average molecular weight is 788 g/mol. The van der Waals surface area contributed by atoms with E-state index in [0.29, 0.717) is 28.1 Å². The molecule has 0 bridgehead atoms. The molecule has 5 aromatic rings. The van der Waals surface area contributed by atoms with E-state index in [-0.39, 0.29) is 56.2 Å². The normalized spacial score (nSPS) is 18.9. The van der Waals surface area contributed by atoms with E-state index in [1.165, 1.54) is 18.5 Å². The maximum atomic E-state index is 13.1. The molecule has 1 unspecified atom stereocenters. The Bertz CT molecular complexity index is 1790. The van der Waals surface area contributed by atoms with Gasteiger partial charge in [0.05, 0.1) is 17.3 Å². The number of fused-ring (bicyclic) bond motifs is 2. The third-order valence-electron chi connectivity index (χ3n) is 7.55. The van der Waals surface area contributed by atoms with Crippen LogP contribution in [0.5, 0.6) is 5.88 Å². The molecule has 1 fully saturated rings. The molecule has 0 spiro atoms. The number of aryl methyl sites for hydroxylation is 1. The van der Waals surface area contributed by atoms with Gasteiger partial charge < -0.3 is 9.57 Å². The summed E-state index contributed by atoms with van der Waals surface area (Å²) in [7, 11) is -3.81. The summed E-state index contributed by atoms with van der Waals surface area (Å²) in [6.45, 7) is 6.51. The monoisotopic (exact) mass is 787 g/mol. The molecule has 1 aliphatic rings. The second kappa shape index (κ2) is 12.7. The van der Waals surface area contributed by atoms with Crippen molar-refractivity contribution >= 4 is 58.8 Å². The zero-order valence-electron chi connectivity index (χ0n) is 23.6. The Morgan fingerprint density at radius 2 is 1.90 bits per heavy atom. The zero-order chi connectivity index (χ0) is 28.6. The van der Waals surface area contributed by atoms with Crippen molar-refractivity contribution in [2.75, 3.05) is 0 Å². The van der Waals surface area contributed by atoms with Gasteiger partial charge in [0.15, 0.2) is 11.2 Å². The summed E-state index contributed by atoms with van der Waals surface area (Å²) in [5.74, 6) is 0.648. The Kier molecular flexibility index (Phi) is 9.18. The van der Waals surface area contributed by atoms with E-state index in [0.717, 1.165) is 41.7 Å². The Hall–Kier alpha value is -3.04. The Balaban J connectivity index is 0.00000353. The van der Waals surface area contributed by atoms with Crippen LogP contribution in [0, 0.1) is 12.8 Å². The second-order valence-corrected chi connectivity index (χ2v) is 12.1. The van der Waals surface area contributed by atoms with Crippen LogP contribution in [0.4, 0.5) is 0 Å². The molecule has 1 aliphatic heterocycles. The summed E-state index contributed by atoms with van der Waals surface area (Å²) < 4.78 is 37.1. The number of nitrogens with one attached hydrogen (secondary N) is 1. The summed E-state index contributed by atoms with van der Waals surface area (Å²) in [6.07, 6.45) is 7.16. The van der Waals surface area contributed by atoms with Crippen molar-refractivity contribution < 1.29 is 18.0 Å². The van der Waals surface area contributed by atoms with E-state index in [4.69, 9.17) is 9.57 Å². The summed E-state index contributed by atoms with van der Waals surface area (Å²) in [5.41, 5.74) is 3.81. The van der Waals surface area contributed by atoms with Gasteiger partial charge in [0, 0.05) is 6.54 Å². The fraction of sp³-hybridized carbons (Fsp3) is 0.393. The van der Waals surface area contributed by atoms with E-state index in [1.807, 2.05) is 35.8 Å². The number of nitrogens with zero attached hydrogens (tertiary/aromatic N) is 7. The first-order valence-electron chi connectivity index (χ1n) is 13.8. The summed E-state index contributed by atoms with van der Waals surface area (Å²) in [6, 6.07) is 12.2. The quantitative estimate of drug-likeness (QED) is 0.226. The molecule has 14 heteroatoms. The van der Waals surface area contributed by atoms with Crippen LogP contribution < -0.4 is 9.56 Å². The van der Waals surface area contributed by atoms with Gasteiger partial charge in [-0.3, -0.25) is 4.57 Å². The SMILES string of the molecule is CCC[C@H]1O[C@@H](n2cnc3c(On4nnc5ccc(S(=O)(=O)NCc6ccc(C)cc6)cc54)ncnc32)CC1CC.[PoH2]. The molecule has 3 aromatic heterocycles. The van der Waals surface area contributed by atoms with Crippen LogP contribution in [-0.4, -0.2) is 75.8 Å². The summed E-state index contributed by atoms with van der Waals surface area (Å²) >= 11 is 0. The summed E-state index contributed by atoms with van der Waals surface area (Å²) in [4.78, 5) is 20.5. The molecule has 3 atom stereocenters. The van der Waals surface area contributed by atoms with Gasteiger partial charge in [-0.1, -0.05) is 61.4 Å². The number of hydrogen-bond acceptors (Lipinski definition) is 9. The third kappa shape index (κ3) is 6.04. The van der Waals surface area contributed by atoms with Crippen molar-refractivity contribution in [2.24, 2.45) is 5.92 Å². The molecule has 12 nitrogen and oxygen atoms in total. The number of rotatable bonds is 10. The van der Waals surface area contributed by atoms with Crippen molar-refractivity contribution in [3.05, 3.63) is 66.2 Å². The molecule has 2 aromatic carbocycles. The van der Waals surface area contributed by atoms with Crippen LogP contribution in [0.2, 0.25) is 0 Å². The molecule has 0 radical (unpaired) electrons. The molecule has 1 N–H and O–H groups in total. The van der Waals surface area contributed by atoms with E-state index in [1.54, 1.807) is 12.4 Å². The van der Waals surface area contributed by atoms with Crippen LogP contribution in [-0.2, 0) is 21.3 Å². The van der Waals surface area contributed by atoms with Gasteiger partial charge in [-0.15, -0.1) is 5.10 Å². The second-order valence-electron chi connectivity index (χ2n) is 10.3. The van der Waals surface area contributed by atoms with Crippen LogP contribution in [0.1, 0.15) is 56.9 Å². The van der Waals surface area contributed by atoms with Gasteiger partial charge in [0.1, 0.15) is 23.6 Å². The number of benzene rings is 2. The Morgan fingerprint density at radius 3 is 2.67 bits per heavy atom. The topological polar surface area (TPSA) is 139 Å². The number of sulfonamides is 1. The molecule has 0 amide bonds. The fourth-order valence-electron chi connectivity index (χ4n) is 5.25. The maximum absolute atomic E-state index is 13.1. The van der Waals surface area contributed by atoms with Gasteiger partial charge >= 0.3 is 26.6 Å². The van der Waals surface area contributed by atoms with Crippen LogP contribution in [0.15, 0.2) is 60.0 Å². The van der Waals surface area contributed by atoms with Crippen molar-refractivity contribution in [3.63, 3.8) is 0 Å². The molecule has 6 rings (SSSR count). The molecule has 42 heavy (non-hydrogen) atoms. The first kappa shape index (κ1) is 30.4. The number of imidazole rings is 1. The van der Waals surface area contributed by atoms with Crippen molar-refractivity contribution in [3.8, 4) is 5.88 Å². The first-order chi connectivity index (χ1) is 19.9. The van der Waals surface area contributed by atoms with E-state index in [9.17, 15) is 8.42 Å². The molecular weight excluding hydrogens is 753 g/mol. The van der Waals surface area contributed by atoms with Crippen LogP contribution >= 0.6 is 0 Å². The standard InChI is InChI=1S/C28H32N8O4S.Po.2H/c1-4-6-24-20(5-2)13-25(39-24)35-17-31-26-27(35)29-16-30-28(26)40-36-23-14-21(11-12-22(23)33-34-36)41(37,38)32-15-19-9-7-18(3)8-10-19;;;/h7-12,14,16-17,20,24-25,32H,4-6,13,15H2,1-3H3;;;/t20?,24-,25-;;;/m1.../s1. The average Bonchev–Trinajstić information content (AvgIpc) is 3.70. The molecule has 1 saturated heterocycles. The van der Waals surface area contributed by atoms with E-state index < -0.39 is 10.0 Å². The predicted molar refractivity (Wildman–Crippen MR) is 160 cm³/mol. The van der Waals surface area contributed by atoms with Crippen molar-refractivity contribution in [1.29, 1.82) is 0 Å². The van der Waals surface area contributed by atoms with Gasteiger partial charge in [-0.25, -0.2) is 23.1 Å². The zero-order valence-corrected chi connectivity index (χ0v) is 28.3. The minimum absolute atomic E-state index is 0. The van der Waals surface area contributed by atoms with E-state index in [2.05, 4.69) is 43.8 Å². The van der Waals surface area contributed by atoms with Crippen LogP contribution in [0.25, 0.3) is 22.2 Å². The number of ether oxygens (including phenoxy) is 1. The predicted octanol–water partition coefficient (Wildman–Crippen LogP) is 3.40. The Morgan fingerprint density at radius 1 is 1.10 bits per heavy atom. The number of hydrogen-bond donors (Lipinski definition) is 1. The van der Waals surface area contributed by atoms with Crippen molar-refractivity contribution in [2.45, 2.75) is 70.2 Å². The molecule has 222 valence electrons. The molecule has 4 heterocycles. The van der Waals surface area contributed by atoms with Crippen molar-refractivity contribution in [1.82, 2.24) is 39.4 Å². The van der Waals surface area contributed by atoms with Crippen LogP contribution in [0.3, 0.4) is 0 Å². The fourth-order valence-corrected chi connectivity index (χ4v) is 6.28. The molecule has 0 aliphatic carbocycles. The van der Waals surface area contributed by atoms with Gasteiger partial charge in [-0.2, -0.15) is 4.98 Å². The minimum atomic E-state index is -3.81. The van der Waals surface area contributed by atoms with E-state index >= 15 is 0 Å². The molecule has 0 saturated carbocycles. The molecular formula is C28H34N8O4PoS. The first-order valence-corrected chi connectivity index (χ1v) is 15.3. The summed E-state index contributed by atoms with van der Waals surface area (Å²) in [5, 5.41) is 8.18. The van der Waals surface area contributed by atoms with Gasteiger partial charge in [0.2, 0.25) is 10.0 Å². The number of aromatic nitrogens is 7. The van der Waals surface area contributed by atoms with Gasteiger partial charge in [-0.05, 0) is 54.7 Å². The Labute approximate surface area is 263 Å². The van der Waals surface area contributed by atoms with Gasteiger partial charge in [0.25, 0.3) is 5.88 Å².